The Kier molecular flexibility index (Phi) is 6.70. The zero-order valence-corrected chi connectivity index (χ0v) is 29.7. The molecule has 3 saturated heterocycles. The average molecular weight is 699 g/mol. The summed E-state index contributed by atoms with van der Waals surface area (Å²) in [5, 5.41) is 26.8. The van der Waals surface area contributed by atoms with Crippen LogP contribution in [0.25, 0.3) is 0 Å². The number of Topliss-reactive ketones (excluding diaryl/α,β-unsaturated/α-hetero) is 1. The maximum absolute atomic E-state index is 14.2. The maximum Gasteiger partial charge on any atom is 0.333 e. The summed E-state index contributed by atoms with van der Waals surface area (Å²) in [5.41, 5.74) is -10.3. The number of carbonyl (C=O) groups is 4. The molecule has 13 nitrogen and oxygen atoms in total. The Balaban J connectivity index is 1.45. The second-order valence-corrected chi connectivity index (χ2v) is 16.5. The fourth-order valence-electron chi connectivity index (χ4n) is 12.9. The highest BCUT2D eigenvalue weighted by Crippen LogP contribution is 2.89. The molecule has 4 heterocycles. The number of aliphatic hydroxyl groups is 2. The standard InChI is InChI=1S/C37H46O13/c1-9-18(3)26(40)47-29-31(5)17-35-32(6,21(31)15-22(39)44-8)34-13-12-30(4)24(37(34,28(42)36(29,35)43)50-33(7,48-34)49-35)23(20(38)10-2)27(41)46-25(30)19-11-14-45-16-19/h9,11,14,16,21,23-25,28-29,42-43H,10,12-13,15,17H2,1-8H3/b18-9-/t21-,23-,24?,25-,28+,29-,30+,31+,32-,33+,34-,35-,36-,37+/m0/s1. The Labute approximate surface area is 289 Å². The minimum atomic E-state index is -2.36. The van der Waals surface area contributed by atoms with Crippen LogP contribution in [0.15, 0.2) is 34.7 Å². The monoisotopic (exact) mass is 698 g/mol. The second-order valence-electron chi connectivity index (χ2n) is 16.5. The van der Waals surface area contributed by atoms with Crippen LogP contribution in [-0.4, -0.2) is 81.6 Å². The number of ketones is 1. The molecule has 8 rings (SSSR count). The summed E-state index contributed by atoms with van der Waals surface area (Å²) in [6.07, 6.45) is 0.752. The van der Waals surface area contributed by atoms with Crippen LogP contribution in [0.4, 0.5) is 0 Å². The highest BCUT2D eigenvalue weighted by Gasteiger charge is 3.03. The molecule has 7 fully saturated rings. The predicted octanol–water partition coefficient (Wildman–Crippen LogP) is 3.45. The van der Waals surface area contributed by atoms with Crippen molar-refractivity contribution >= 4 is 23.7 Å². The van der Waals surface area contributed by atoms with Gasteiger partial charge in [-0.1, -0.05) is 33.8 Å². The molecular formula is C37H46O13. The van der Waals surface area contributed by atoms with Crippen molar-refractivity contribution in [2.45, 2.75) is 127 Å². The van der Waals surface area contributed by atoms with Gasteiger partial charge in [-0.3, -0.25) is 14.4 Å². The van der Waals surface area contributed by atoms with E-state index in [0.717, 1.165) is 0 Å². The molecule has 2 spiro atoms. The van der Waals surface area contributed by atoms with E-state index in [1.807, 2.05) is 20.8 Å². The van der Waals surface area contributed by atoms with Crippen LogP contribution < -0.4 is 0 Å². The molecule has 1 unspecified atom stereocenters. The highest BCUT2D eigenvalue weighted by molar-refractivity contribution is 6.00. The van der Waals surface area contributed by atoms with Crippen molar-refractivity contribution in [3.63, 3.8) is 0 Å². The van der Waals surface area contributed by atoms with Crippen molar-refractivity contribution in [2.24, 2.45) is 34.0 Å². The summed E-state index contributed by atoms with van der Waals surface area (Å²) >= 11 is 0. The van der Waals surface area contributed by atoms with E-state index in [9.17, 15) is 29.4 Å². The topological polar surface area (TPSA) is 177 Å². The van der Waals surface area contributed by atoms with Gasteiger partial charge in [-0.25, -0.2) is 4.79 Å². The highest BCUT2D eigenvalue weighted by atomic mass is 16.9. The van der Waals surface area contributed by atoms with Gasteiger partial charge in [0.15, 0.2) is 5.60 Å². The summed E-state index contributed by atoms with van der Waals surface area (Å²) in [5.74, 6) is -7.62. The van der Waals surface area contributed by atoms with Crippen molar-refractivity contribution in [3.05, 3.63) is 35.8 Å². The van der Waals surface area contributed by atoms with Gasteiger partial charge in [0, 0.05) is 53.1 Å². The Morgan fingerprint density at radius 1 is 1.06 bits per heavy atom. The van der Waals surface area contributed by atoms with Crippen molar-refractivity contribution in [3.8, 4) is 0 Å². The van der Waals surface area contributed by atoms with Gasteiger partial charge in [0.25, 0.3) is 5.97 Å². The fraction of sp³-hybridized carbons (Fsp3) is 0.730. The van der Waals surface area contributed by atoms with E-state index in [1.165, 1.54) is 19.6 Å². The number of hydrogen-bond acceptors (Lipinski definition) is 13. The Hall–Kier alpha value is -3.10. The summed E-state index contributed by atoms with van der Waals surface area (Å²) in [4.78, 5) is 55.3. The van der Waals surface area contributed by atoms with Crippen molar-refractivity contribution in [2.75, 3.05) is 7.11 Å². The third-order valence-corrected chi connectivity index (χ3v) is 14.7. The molecule has 7 aliphatic rings. The smallest absolute Gasteiger partial charge is 0.333 e. The number of allylic oxidation sites excluding steroid dienone is 1. The largest absolute Gasteiger partial charge is 0.472 e. The number of esters is 3. The molecule has 272 valence electrons. The average Bonchev–Trinajstić information content (AvgIpc) is 3.78. The van der Waals surface area contributed by atoms with E-state index in [-0.39, 0.29) is 31.3 Å². The normalized spacial score (nSPS) is 52.3. The van der Waals surface area contributed by atoms with Crippen LogP contribution in [0.2, 0.25) is 0 Å². The summed E-state index contributed by atoms with van der Waals surface area (Å²) in [6.45, 7) is 12.1. The zero-order chi connectivity index (χ0) is 36.2. The molecule has 0 radical (unpaired) electrons. The fourth-order valence-corrected chi connectivity index (χ4v) is 12.9. The van der Waals surface area contributed by atoms with E-state index >= 15 is 0 Å². The first-order chi connectivity index (χ1) is 23.4. The first kappa shape index (κ1) is 34.0. The first-order valence-electron chi connectivity index (χ1n) is 17.5. The molecule has 1 aromatic rings. The van der Waals surface area contributed by atoms with Gasteiger partial charge < -0.3 is 43.1 Å². The predicted molar refractivity (Wildman–Crippen MR) is 168 cm³/mol. The van der Waals surface area contributed by atoms with Gasteiger partial charge in [0.05, 0.1) is 19.6 Å². The van der Waals surface area contributed by atoms with Gasteiger partial charge in [-0.2, -0.15) is 0 Å². The molecule has 2 N–H and O–H groups in total. The molecule has 0 aromatic carbocycles. The van der Waals surface area contributed by atoms with Crippen molar-refractivity contribution in [1.82, 2.24) is 0 Å². The van der Waals surface area contributed by atoms with Crippen LogP contribution in [0.1, 0.15) is 92.2 Å². The Morgan fingerprint density at radius 2 is 1.76 bits per heavy atom. The number of furan rings is 1. The molecule has 4 aliphatic carbocycles. The second kappa shape index (κ2) is 9.86. The van der Waals surface area contributed by atoms with Crippen molar-refractivity contribution in [1.29, 1.82) is 0 Å². The number of methoxy groups -OCH3 is 1. The molecule has 4 saturated carbocycles. The Bertz CT molecular complexity index is 1740. The van der Waals surface area contributed by atoms with Crippen LogP contribution in [0.5, 0.6) is 0 Å². The lowest BCUT2D eigenvalue weighted by Gasteiger charge is -2.77. The molecule has 13 heteroatoms. The van der Waals surface area contributed by atoms with E-state index in [1.54, 1.807) is 39.8 Å². The van der Waals surface area contributed by atoms with E-state index in [0.29, 0.717) is 12.0 Å². The SMILES string of the molecule is C/C=C(/C)C(=O)O[C@H]1[C@]2(C)C[C@@]34O[C@@]5(C)O[C@@]6(CC[C@]7(C)C([C@H](C(=O)CC)C(=O)O[C@H]7c7ccoc7)[C@@]6(O5)[C@H](O)[C@]13O)[C@]4(C)[C@H]2CC(=O)OC. The van der Waals surface area contributed by atoms with Crippen molar-refractivity contribution < 1.29 is 62.2 Å². The lowest BCUT2D eigenvalue weighted by atomic mass is 9.32. The van der Waals surface area contributed by atoms with E-state index in [2.05, 4.69) is 0 Å². The third-order valence-electron chi connectivity index (χ3n) is 14.7. The third kappa shape index (κ3) is 3.26. The molecule has 4 bridgehead atoms. The number of cyclic esters (lactones) is 1. The molecular weight excluding hydrogens is 652 g/mol. The van der Waals surface area contributed by atoms with Gasteiger partial charge in [-0.15, -0.1) is 0 Å². The van der Waals surface area contributed by atoms with Gasteiger partial charge in [0.1, 0.15) is 46.8 Å². The Morgan fingerprint density at radius 3 is 2.38 bits per heavy atom. The molecule has 14 atom stereocenters. The quantitative estimate of drug-likeness (QED) is 0.183. The molecule has 3 aliphatic heterocycles. The van der Waals surface area contributed by atoms with Gasteiger partial charge in [-0.05, 0) is 45.1 Å². The summed E-state index contributed by atoms with van der Waals surface area (Å²) < 4.78 is 44.0. The number of aliphatic hydroxyl groups excluding tert-OH is 1. The summed E-state index contributed by atoms with van der Waals surface area (Å²) in [7, 11) is 1.29. The molecule has 50 heavy (non-hydrogen) atoms. The van der Waals surface area contributed by atoms with E-state index in [4.69, 9.17) is 32.8 Å². The number of rotatable bonds is 7. The molecule has 0 amide bonds. The lowest BCUT2D eigenvalue weighted by Crippen LogP contribution is -2.93. The first-order valence-corrected chi connectivity index (χ1v) is 17.5. The summed E-state index contributed by atoms with van der Waals surface area (Å²) in [6, 6.07) is 1.69. The number of hydrogen-bond donors (Lipinski definition) is 2. The minimum absolute atomic E-state index is 0.0199. The molecule has 1 aromatic heterocycles. The van der Waals surface area contributed by atoms with E-state index < -0.39 is 104 Å². The zero-order valence-electron chi connectivity index (χ0n) is 29.7. The van der Waals surface area contributed by atoms with Crippen LogP contribution in [-0.2, 0) is 47.6 Å². The maximum atomic E-state index is 14.2. The number of ether oxygens (including phenoxy) is 6. The number of fused-ring (bicyclic) bond motifs is 3. The van der Waals surface area contributed by atoms with Crippen LogP contribution in [0.3, 0.4) is 0 Å². The van der Waals surface area contributed by atoms with Gasteiger partial charge >= 0.3 is 17.9 Å². The van der Waals surface area contributed by atoms with Gasteiger partial charge in [0.2, 0.25) is 0 Å². The minimum Gasteiger partial charge on any atom is -0.472 e. The number of carbonyl (C=O) groups excluding carboxylic acids is 4. The van der Waals surface area contributed by atoms with Crippen LogP contribution >= 0.6 is 0 Å². The lowest BCUT2D eigenvalue weighted by molar-refractivity contribution is -0.478. The van der Waals surface area contributed by atoms with Crippen LogP contribution in [0, 0.1) is 34.0 Å².